The number of nitro benzene ring substituents is 1. The van der Waals surface area contributed by atoms with Crippen molar-refractivity contribution in [1.29, 1.82) is 0 Å². The van der Waals surface area contributed by atoms with E-state index in [4.69, 9.17) is 26.2 Å². The van der Waals surface area contributed by atoms with Gasteiger partial charge in [-0.1, -0.05) is 11.6 Å². The summed E-state index contributed by atoms with van der Waals surface area (Å²) in [4.78, 5) is 10.7. The minimum atomic E-state index is -0.950. The van der Waals surface area contributed by atoms with Gasteiger partial charge in [-0.3, -0.25) is 10.1 Å². The van der Waals surface area contributed by atoms with Gasteiger partial charge in [0.2, 0.25) is 5.72 Å². The molecule has 0 aliphatic carbocycles. The van der Waals surface area contributed by atoms with Crippen molar-refractivity contribution in [1.82, 2.24) is 5.01 Å². The number of hydrogen-bond donors (Lipinski definition) is 0. The standard InChI is InChI=1S/C24H20ClN3O4/c1-24(16-5-8-18(9-6-16)28(29)30)27-22(20-13-17(25)7-12-23(20)32-24)14-21(26-27)15-3-10-19(31-2)11-4-15/h3-13,22H,14H2,1-2H3/t22-,24-/m0/s1. The summed E-state index contributed by atoms with van der Waals surface area (Å²) in [7, 11) is 1.63. The first-order chi connectivity index (χ1) is 15.4. The zero-order valence-corrected chi connectivity index (χ0v) is 18.2. The molecule has 0 bridgehead atoms. The Morgan fingerprint density at radius 2 is 1.88 bits per heavy atom. The van der Waals surface area contributed by atoms with Crippen LogP contribution in [0.1, 0.15) is 36.1 Å². The van der Waals surface area contributed by atoms with E-state index < -0.39 is 10.6 Å². The summed E-state index contributed by atoms with van der Waals surface area (Å²) < 4.78 is 11.7. The third-order valence-electron chi connectivity index (χ3n) is 6.02. The van der Waals surface area contributed by atoms with Gasteiger partial charge in [0.1, 0.15) is 11.5 Å². The second-order valence-electron chi connectivity index (χ2n) is 7.91. The van der Waals surface area contributed by atoms with Crippen molar-refractivity contribution in [2.45, 2.75) is 25.1 Å². The fourth-order valence-electron chi connectivity index (χ4n) is 4.32. The van der Waals surface area contributed by atoms with Crippen molar-refractivity contribution in [2.75, 3.05) is 7.11 Å². The maximum Gasteiger partial charge on any atom is 0.269 e. The zero-order chi connectivity index (χ0) is 22.5. The molecule has 0 N–H and O–H groups in total. The highest BCUT2D eigenvalue weighted by molar-refractivity contribution is 6.30. The number of benzene rings is 3. The molecule has 2 aliphatic heterocycles. The predicted molar refractivity (Wildman–Crippen MR) is 121 cm³/mol. The topological polar surface area (TPSA) is 77.2 Å². The van der Waals surface area contributed by atoms with E-state index in [1.807, 2.05) is 48.3 Å². The molecule has 0 saturated heterocycles. The van der Waals surface area contributed by atoms with Gasteiger partial charge in [-0.25, -0.2) is 5.01 Å². The van der Waals surface area contributed by atoms with E-state index in [9.17, 15) is 10.1 Å². The van der Waals surface area contributed by atoms with Crippen LogP contribution in [0.25, 0.3) is 0 Å². The number of hydrogen-bond acceptors (Lipinski definition) is 6. The van der Waals surface area contributed by atoms with Gasteiger partial charge in [0.15, 0.2) is 0 Å². The average Bonchev–Trinajstić information content (AvgIpc) is 3.27. The summed E-state index contributed by atoms with van der Waals surface area (Å²) in [5.41, 5.74) is 2.73. The van der Waals surface area contributed by atoms with Crippen LogP contribution in [0.5, 0.6) is 11.5 Å². The van der Waals surface area contributed by atoms with E-state index in [0.29, 0.717) is 11.4 Å². The van der Waals surface area contributed by atoms with Gasteiger partial charge < -0.3 is 9.47 Å². The summed E-state index contributed by atoms with van der Waals surface area (Å²) in [5, 5.41) is 18.6. The molecule has 0 amide bonds. The molecule has 32 heavy (non-hydrogen) atoms. The maximum atomic E-state index is 11.1. The van der Waals surface area contributed by atoms with Gasteiger partial charge in [0, 0.05) is 41.6 Å². The zero-order valence-electron chi connectivity index (χ0n) is 17.5. The van der Waals surface area contributed by atoms with Crippen LogP contribution >= 0.6 is 11.6 Å². The molecule has 2 atom stereocenters. The van der Waals surface area contributed by atoms with Gasteiger partial charge in [-0.15, -0.1) is 0 Å². The first kappa shape index (κ1) is 20.3. The van der Waals surface area contributed by atoms with Crippen LogP contribution in [0.2, 0.25) is 5.02 Å². The molecule has 5 rings (SSSR count). The van der Waals surface area contributed by atoms with E-state index in [0.717, 1.165) is 33.9 Å². The Kier molecular flexibility index (Phi) is 4.78. The van der Waals surface area contributed by atoms with Crippen LogP contribution in [0.15, 0.2) is 71.8 Å². The Morgan fingerprint density at radius 1 is 1.16 bits per heavy atom. The summed E-state index contributed by atoms with van der Waals surface area (Å²) in [6.45, 7) is 1.93. The summed E-state index contributed by atoms with van der Waals surface area (Å²) in [6.07, 6.45) is 0.672. The molecule has 162 valence electrons. The number of rotatable bonds is 4. The van der Waals surface area contributed by atoms with Crippen LogP contribution < -0.4 is 9.47 Å². The number of nitrogens with zero attached hydrogens (tertiary/aromatic N) is 3. The van der Waals surface area contributed by atoms with E-state index in [-0.39, 0.29) is 11.7 Å². The third kappa shape index (κ3) is 3.26. The number of hydrazone groups is 1. The quantitative estimate of drug-likeness (QED) is 0.378. The fraction of sp³-hybridized carbons (Fsp3) is 0.208. The molecule has 2 aliphatic rings. The first-order valence-corrected chi connectivity index (χ1v) is 10.5. The lowest BCUT2D eigenvalue weighted by atomic mass is 9.92. The number of ether oxygens (including phenoxy) is 2. The number of nitro groups is 1. The molecule has 0 saturated carbocycles. The lowest BCUT2D eigenvalue weighted by molar-refractivity contribution is -0.384. The van der Waals surface area contributed by atoms with Crippen LogP contribution in [0.3, 0.4) is 0 Å². The van der Waals surface area contributed by atoms with Gasteiger partial charge >= 0.3 is 0 Å². The number of fused-ring (bicyclic) bond motifs is 3. The van der Waals surface area contributed by atoms with Crippen LogP contribution in [0.4, 0.5) is 5.69 Å². The maximum absolute atomic E-state index is 11.1. The minimum Gasteiger partial charge on any atom is -0.497 e. The second-order valence-corrected chi connectivity index (χ2v) is 8.35. The lowest BCUT2D eigenvalue weighted by Gasteiger charge is -2.46. The van der Waals surface area contributed by atoms with E-state index in [2.05, 4.69) is 0 Å². The first-order valence-electron chi connectivity index (χ1n) is 10.1. The predicted octanol–water partition coefficient (Wildman–Crippen LogP) is 5.67. The molecular formula is C24H20ClN3O4. The summed E-state index contributed by atoms with van der Waals surface area (Å²) in [5.74, 6) is 1.50. The monoisotopic (exact) mass is 449 g/mol. The Bertz CT molecular complexity index is 1230. The van der Waals surface area contributed by atoms with Crippen molar-refractivity contribution >= 4 is 23.0 Å². The van der Waals surface area contributed by atoms with Gasteiger partial charge in [-0.05, 0) is 60.2 Å². The second kappa shape index (κ2) is 7.53. The van der Waals surface area contributed by atoms with Gasteiger partial charge in [-0.2, -0.15) is 5.10 Å². The van der Waals surface area contributed by atoms with Gasteiger partial charge in [0.05, 0.1) is 23.8 Å². The fourth-order valence-corrected chi connectivity index (χ4v) is 4.50. The molecule has 0 fully saturated rings. The minimum absolute atomic E-state index is 0.0285. The highest BCUT2D eigenvalue weighted by Crippen LogP contribution is 2.51. The molecule has 0 spiro atoms. The number of non-ortho nitro benzene ring substituents is 1. The van der Waals surface area contributed by atoms with Gasteiger partial charge in [0.25, 0.3) is 5.69 Å². The molecule has 2 heterocycles. The molecule has 8 heteroatoms. The Hall–Kier alpha value is -3.58. The highest BCUT2D eigenvalue weighted by atomic mass is 35.5. The van der Waals surface area contributed by atoms with Crippen molar-refractivity contribution in [3.8, 4) is 11.5 Å². The summed E-state index contributed by atoms with van der Waals surface area (Å²) >= 11 is 6.30. The number of halogens is 1. The van der Waals surface area contributed by atoms with Crippen LogP contribution in [0, 0.1) is 10.1 Å². The molecule has 7 nitrogen and oxygen atoms in total. The smallest absolute Gasteiger partial charge is 0.269 e. The molecule has 3 aromatic rings. The molecular weight excluding hydrogens is 430 g/mol. The highest BCUT2D eigenvalue weighted by Gasteiger charge is 2.49. The van der Waals surface area contributed by atoms with E-state index in [1.165, 1.54) is 12.1 Å². The van der Waals surface area contributed by atoms with E-state index in [1.54, 1.807) is 25.3 Å². The van der Waals surface area contributed by atoms with E-state index >= 15 is 0 Å². The molecule has 3 aromatic carbocycles. The van der Waals surface area contributed by atoms with Crippen molar-refractivity contribution in [3.63, 3.8) is 0 Å². The Balaban J connectivity index is 1.61. The lowest BCUT2D eigenvalue weighted by Crippen LogP contribution is -2.48. The van der Waals surface area contributed by atoms with Crippen molar-refractivity contribution < 1.29 is 14.4 Å². The van der Waals surface area contributed by atoms with Crippen LogP contribution in [-0.2, 0) is 5.72 Å². The molecule has 0 aromatic heterocycles. The summed E-state index contributed by atoms with van der Waals surface area (Å²) in [6, 6.07) is 19.7. The van der Waals surface area contributed by atoms with Crippen molar-refractivity contribution in [2.24, 2.45) is 5.10 Å². The van der Waals surface area contributed by atoms with Crippen molar-refractivity contribution in [3.05, 3.63) is 98.6 Å². The average molecular weight is 450 g/mol. The Labute approximate surface area is 190 Å². The largest absolute Gasteiger partial charge is 0.497 e. The SMILES string of the molecule is COc1ccc(C2=NN3[C@@H](C2)c2cc(Cl)ccc2O[C@@]3(C)c2ccc([N+](=O)[O-])cc2)cc1. The number of methoxy groups -OCH3 is 1. The third-order valence-corrected chi connectivity index (χ3v) is 6.26. The molecule has 0 unspecified atom stereocenters. The Morgan fingerprint density at radius 3 is 2.53 bits per heavy atom. The molecule has 0 radical (unpaired) electrons. The normalized spacial score (nSPS) is 21.3. The van der Waals surface area contributed by atoms with Crippen LogP contribution in [-0.4, -0.2) is 22.8 Å².